The first kappa shape index (κ1) is 9.04. The zero-order valence-electron chi connectivity index (χ0n) is 7.54. The normalized spacial score (nSPS) is 19.5. The molecular formula is C11H14ClN. The molecule has 0 spiro atoms. The Morgan fingerprint density at radius 2 is 2.15 bits per heavy atom. The fourth-order valence-corrected chi connectivity index (χ4v) is 1.98. The fourth-order valence-electron chi connectivity index (χ4n) is 1.79. The molecule has 1 atom stereocenters. The molecule has 2 heteroatoms. The van der Waals surface area contributed by atoms with E-state index >= 15 is 0 Å². The third-order valence-electron chi connectivity index (χ3n) is 2.89. The zero-order chi connectivity index (χ0) is 9.26. The highest BCUT2D eigenvalue weighted by Crippen LogP contribution is 2.36. The van der Waals surface area contributed by atoms with Crippen LogP contribution >= 0.6 is 11.6 Å². The van der Waals surface area contributed by atoms with Crippen LogP contribution in [0.5, 0.6) is 0 Å². The summed E-state index contributed by atoms with van der Waals surface area (Å²) in [6, 6.07) is 8.08. The molecule has 2 rings (SSSR count). The van der Waals surface area contributed by atoms with E-state index in [1.165, 1.54) is 24.8 Å². The number of nitrogens with two attached hydrogens (primary N) is 1. The number of rotatable bonds is 2. The molecule has 0 unspecified atom stereocenters. The quantitative estimate of drug-likeness (QED) is 0.771. The van der Waals surface area contributed by atoms with Gasteiger partial charge in [0.25, 0.3) is 0 Å². The molecule has 0 aliphatic heterocycles. The maximum atomic E-state index is 6.11. The van der Waals surface area contributed by atoms with Crippen molar-refractivity contribution in [3.63, 3.8) is 0 Å². The lowest BCUT2D eigenvalue weighted by Crippen LogP contribution is -2.26. The molecule has 70 valence electrons. The second kappa shape index (κ2) is 3.69. The van der Waals surface area contributed by atoms with Gasteiger partial charge in [-0.1, -0.05) is 30.2 Å². The van der Waals surface area contributed by atoms with Gasteiger partial charge >= 0.3 is 0 Å². The second-order valence-corrected chi connectivity index (χ2v) is 4.21. The van der Waals surface area contributed by atoms with Crippen molar-refractivity contribution in [1.29, 1.82) is 0 Å². The molecule has 1 fully saturated rings. The van der Waals surface area contributed by atoms with Crippen molar-refractivity contribution < 1.29 is 0 Å². The van der Waals surface area contributed by atoms with Gasteiger partial charge in [0.2, 0.25) is 0 Å². The fraction of sp³-hybridized carbons (Fsp3) is 0.455. The van der Waals surface area contributed by atoms with Gasteiger partial charge in [-0.15, -0.1) is 0 Å². The number of benzene rings is 1. The summed E-state index contributed by atoms with van der Waals surface area (Å²) in [5.41, 5.74) is 7.29. The maximum Gasteiger partial charge on any atom is 0.0409 e. The van der Waals surface area contributed by atoms with E-state index in [4.69, 9.17) is 17.3 Å². The maximum absolute atomic E-state index is 6.11. The van der Waals surface area contributed by atoms with Crippen LogP contribution in [0.4, 0.5) is 0 Å². The number of hydrogen-bond donors (Lipinski definition) is 1. The first-order chi connectivity index (χ1) is 6.27. The van der Waals surface area contributed by atoms with Crippen molar-refractivity contribution in [3.8, 4) is 0 Å². The molecule has 0 aromatic heterocycles. The van der Waals surface area contributed by atoms with E-state index in [-0.39, 0.29) is 6.04 Å². The smallest absolute Gasteiger partial charge is 0.0409 e. The van der Waals surface area contributed by atoms with E-state index in [0.717, 1.165) is 5.02 Å². The Morgan fingerprint density at radius 3 is 2.69 bits per heavy atom. The Hall–Kier alpha value is -0.530. The van der Waals surface area contributed by atoms with Crippen molar-refractivity contribution in [2.24, 2.45) is 11.7 Å². The van der Waals surface area contributed by atoms with Gasteiger partial charge in [-0.3, -0.25) is 0 Å². The lowest BCUT2D eigenvalue weighted by atomic mass is 9.78. The summed E-state index contributed by atoms with van der Waals surface area (Å²) in [7, 11) is 0. The molecule has 1 saturated carbocycles. The Labute approximate surface area is 83.9 Å². The summed E-state index contributed by atoms with van der Waals surface area (Å²) in [4.78, 5) is 0. The third-order valence-corrected chi connectivity index (χ3v) is 3.13. The summed E-state index contributed by atoms with van der Waals surface area (Å²) >= 11 is 5.90. The van der Waals surface area contributed by atoms with E-state index < -0.39 is 0 Å². The molecular weight excluding hydrogens is 182 g/mol. The standard InChI is InChI=1S/C11H14ClN/c12-10-6-2-5-9(7-10)11(13)8-3-1-4-8/h2,5-8,11H,1,3-4,13H2/t11-/m1/s1. The topological polar surface area (TPSA) is 26.0 Å². The van der Waals surface area contributed by atoms with Crippen molar-refractivity contribution in [3.05, 3.63) is 34.9 Å². The molecule has 0 bridgehead atoms. The monoisotopic (exact) mass is 195 g/mol. The van der Waals surface area contributed by atoms with Gasteiger partial charge in [0, 0.05) is 11.1 Å². The average Bonchev–Trinajstić information content (AvgIpc) is 2.01. The van der Waals surface area contributed by atoms with Gasteiger partial charge in [0.1, 0.15) is 0 Å². The van der Waals surface area contributed by atoms with Gasteiger partial charge in [-0.05, 0) is 36.5 Å². The molecule has 0 radical (unpaired) electrons. The highest BCUT2D eigenvalue weighted by molar-refractivity contribution is 6.30. The number of hydrogen-bond acceptors (Lipinski definition) is 1. The predicted octanol–water partition coefficient (Wildman–Crippen LogP) is 3.14. The largest absolute Gasteiger partial charge is 0.324 e. The van der Waals surface area contributed by atoms with E-state index in [0.29, 0.717) is 5.92 Å². The minimum atomic E-state index is 0.187. The highest BCUT2D eigenvalue weighted by Gasteiger charge is 2.25. The van der Waals surface area contributed by atoms with Gasteiger partial charge in [0.15, 0.2) is 0 Å². The van der Waals surface area contributed by atoms with Crippen LogP contribution < -0.4 is 5.73 Å². The van der Waals surface area contributed by atoms with Crippen molar-refractivity contribution in [1.82, 2.24) is 0 Å². The van der Waals surface area contributed by atoms with Crippen molar-refractivity contribution in [2.45, 2.75) is 25.3 Å². The van der Waals surface area contributed by atoms with E-state index in [9.17, 15) is 0 Å². The molecule has 1 aliphatic carbocycles. The number of halogens is 1. The first-order valence-electron chi connectivity index (χ1n) is 4.78. The second-order valence-electron chi connectivity index (χ2n) is 3.77. The predicted molar refractivity (Wildman–Crippen MR) is 55.7 cm³/mol. The van der Waals surface area contributed by atoms with Crippen LogP contribution in [-0.2, 0) is 0 Å². The van der Waals surface area contributed by atoms with Crippen LogP contribution in [0.3, 0.4) is 0 Å². The molecule has 2 N–H and O–H groups in total. The highest BCUT2D eigenvalue weighted by atomic mass is 35.5. The van der Waals surface area contributed by atoms with Crippen molar-refractivity contribution >= 4 is 11.6 Å². The molecule has 1 aliphatic rings. The van der Waals surface area contributed by atoms with E-state index in [1.807, 2.05) is 18.2 Å². The van der Waals surface area contributed by atoms with E-state index in [2.05, 4.69) is 6.07 Å². The van der Waals surface area contributed by atoms with Gasteiger partial charge in [-0.25, -0.2) is 0 Å². The Bertz CT molecular complexity index is 294. The zero-order valence-corrected chi connectivity index (χ0v) is 8.30. The van der Waals surface area contributed by atoms with Crippen LogP contribution in [0.15, 0.2) is 24.3 Å². The van der Waals surface area contributed by atoms with Crippen LogP contribution in [0.25, 0.3) is 0 Å². The van der Waals surface area contributed by atoms with Crippen LogP contribution in [0.2, 0.25) is 5.02 Å². The molecule has 13 heavy (non-hydrogen) atoms. The molecule has 1 aromatic rings. The van der Waals surface area contributed by atoms with Crippen LogP contribution in [0.1, 0.15) is 30.9 Å². The minimum Gasteiger partial charge on any atom is -0.324 e. The SMILES string of the molecule is N[C@@H](c1cccc(Cl)c1)C1CCC1. The van der Waals surface area contributed by atoms with Crippen molar-refractivity contribution in [2.75, 3.05) is 0 Å². The first-order valence-corrected chi connectivity index (χ1v) is 5.16. The minimum absolute atomic E-state index is 0.187. The average molecular weight is 196 g/mol. The lowest BCUT2D eigenvalue weighted by Gasteiger charge is -2.31. The van der Waals surface area contributed by atoms with Gasteiger partial charge in [-0.2, -0.15) is 0 Å². The summed E-state index contributed by atoms with van der Waals surface area (Å²) in [6.45, 7) is 0. The molecule has 1 nitrogen and oxygen atoms in total. The summed E-state index contributed by atoms with van der Waals surface area (Å²) in [6.07, 6.45) is 3.88. The van der Waals surface area contributed by atoms with Crippen LogP contribution in [-0.4, -0.2) is 0 Å². The Balaban J connectivity index is 2.14. The van der Waals surface area contributed by atoms with Crippen LogP contribution in [0, 0.1) is 5.92 Å². The third kappa shape index (κ3) is 1.87. The summed E-state index contributed by atoms with van der Waals surface area (Å²) < 4.78 is 0. The molecule has 0 saturated heterocycles. The summed E-state index contributed by atoms with van der Waals surface area (Å²) in [5.74, 6) is 0.679. The van der Waals surface area contributed by atoms with Gasteiger partial charge < -0.3 is 5.73 Å². The summed E-state index contributed by atoms with van der Waals surface area (Å²) in [5, 5.41) is 0.785. The molecule has 0 heterocycles. The molecule has 1 aromatic carbocycles. The van der Waals surface area contributed by atoms with E-state index in [1.54, 1.807) is 0 Å². The Morgan fingerprint density at radius 1 is 1.38 bits per heavy atom. The van der Waals surface area contributed by atoms with Gasteiger partial charge in [0.05, 0.1) is 0 Å². The Kier molecular flexibility index (Phi) is 2.56. The molecule has 0 amide bonds. The lowest BCUT2D eigenvalue weighted by molar-refractivity contribution is 0.264.